The Labute approximate surface area is 174 Å². The van der Waals surface area contributed by atoms with Crippen molar-refractivity contribution in [3.63, 3.8) is 0 Å². The van der Waals surface area contributed by atoms with Crippen molar-refractivity contribution >= 4 is 29.1 Å². The van der Waals surface area contributed by atoms with Crippen LogP contribution in [-0.4, -0.2) is 60.7 Å². The fourth-order valence-corrected chi connectivity index (χ4v) is 3.72. The molecular formula is C21H22ClN3O4. The van der Waals surface area contributed by atoms with Crippen LogP contribution >= 0.6 is 11.6 Å². The number of amides is 2. The number of ether oxygens (including phenoxy) is 2. The van der Waals surface area contributed by atoms with E-state index in [2.05, 4.69) is 4.98 Å². The van der Waals surface area contributed by atoms with Crippen LogP contribution in [-0.2, 0) is 9.53 Å². The minimum absolute atomic E-state index is 0.0537. The van der Waals surface area contributed by atoms with Gasteiger partial charge >= 0.3 is 0 Å². The summed E-state index contributed by atoms with van der Waals surface area (Å²) in [5.41, 5.74) is 1.44. The number of pyridine rings is 1. The first-order chi connectivity index (χ1) is 14.1. The number of carbonyl (C=O) groups excluding carboxylic acids is 2. The number of benzene rings is 1. The Balaban J connectivity index is 1.35. The molecule has 0 aliphatic carbocycles. The van der Waals surface area contributed by atoms with E-state index in [4.69, 9.17) is 21.1 Å². The zero-order chi connectivity index (χ0) is 20.2. The van der Waals surface area contributed by atoms with E-state index in [9.17, 15) is 9.59 Å². The third kappa shape index (κ3) is 4.68. The van der Waals surface area contributed by atoms with Gasteiger partial charge in [0.15, 0.2) is 0 Å². The van der Waals surface area contributed by atoms with Gasteiger partial charge in [-0.15, -0.1) is 0 Å². The minimum atomic E-state index is -0.229. The number of anilines is 1. The second-order valence-electron chi connectivity index (χ2n) is 7.09. The Morgan fingerprint density at radius 3 is 2.79 bits per heavy atom. The summed E-state index contributed by atoms with van der Waals surface area (Å²) in [5, 5.41) is 0.503. The Hall–Kier alpha value is -2.64. The predicted molar refractivity (Wildman–Crippen MR) is 108 cm³/mol. The van der Waals surface area contributed by atoms with Crippen LogP contribution in [0, 0.1) is 0 Å². The maximum absolute atomic E-state index is 12.9. The molecule has 8 heteroatoms. The number of hydrogen-bond donors (Lipinski definition) is 0. The molecule has 2 aliphatic heterocycles. The minimum Gasteiger partial charge on any atom is -0.489 e. The van der Waals surface area contributed by atoms with Gasteiger partial charge in [0, 0.05) is 43.0 Å². The standard InChI is InChI=1S/C21H22ClN3O4/c22-16-10-18(12-23-11-16)29-14-19-13-24(8-9-28-19)21(27)15-3-5-17(6-4-15)25-7-1-2-20(25)26/h3-6,10-12,19H,1-2,7-9,13-14H2. The molecule has 152 valence electrons. The van der Waals surface area contributed by atoms with Gasteiger partial charge in [-0.1, -0.05) is 11.6 Å². The lowest BCUT2D eigenvalue weighted by Gasteiger charge is -2.33. The Bertz CT molecular complexity index is 890. The molecule has 2 saturated heterocycles. The second-order valence-corrected chi connectivity index (χ2v) is 7.53. The molecule has 7 nitrogen and oxygen atoms in total. The zero-order valence-corrected chi connectivity index (χ0v) is 16.7. The van der Waals surface area contributed by atoms with Gasteiger partial charge in [0.05, 0.1) is 24.4 Å². The van der Waals surface area contributed by atoms with Gasteiger partial charge in [-0.3, -0.25) is 14.6 Å². The van der Waals surface area contributed by atoms with E-state index in [-0.39, 0.29) is 17.9 Å². The number of aromatic nitrogens is 1. The first-order valence-electron chi connectivity index (χ1n) is 9.65. The number of morpholine rings is 1. The molecule has 3 heterocycles. The van der Waals surface area contributed by atoms with Crippen molar-refractivity contribution in [2.75, 3.05) is 37.7 Å². The molecule has 2 aliphatic rings. The second kappa shape index (κ2) is 8.80. The molecule has 0 N–H and O–H groups in total. The van der Waals surface area contributed by atoms with Crippen LogP contribution in [0.15, 0.2) is 42.7 Å². The lowest BCUT2D eigenvalue weighted by Crippen LogP contribution is -2.47. The Kier molecular flexibility index (Phi) is 5.97. The molecular weight excluding hydrogens is 394 g/mol. The Morgan fingerprint density at radius 1 is 1.24 bits per heavy atom. The van der Waals surface area contributed by atoms with Crippen LogP contribution in [0.1, 0.15) is 23.2 Å². The van der Waals surface area contributed by atoms with Gasteiger partial charge in [0.1, 0.15) is 18.5 Å². The van der Waals surface area contributed by atoms with Crippen LogP contribution in [0.3, 0.4) is 0 Å². The topological polar surface area (TPSA) is 72.0 Å². The lowest BCUT2D eigenvalue weighted by molar-refractivity contribution is -0.117. The molecule has 0 bridgehead atoms. The molecule has 1 aromatic heterocycles. The van der Waals surface area contributed by atoms with Gasteiger partial charge < -0.3 is 19.3 Å². The summed E-state index contributed by atoms with van der Waals surface area (Å²) in [5.74, 6) is 0.647. The van der Waals surface area contributed by atoms with Crippen molar-refractivity contribution in [1.29, 1.82) is 0 Å². The van der Waals surface area contributed by atoms with Gasteiger partial charge in [0.25, 0.3) is 5.91 Å². The summed E-state index contributed by atoms with van der Waals surface area (Å²) in [6, 6.07) is 8.92. The van der Waals surface area contributed by atoms with E-state index in [1.165, 1.54) is 6.20 Å². The van der Waals surface area contributed by atoms with E-state index in [1.807, 2.05) is 12.1 Å². The normalized spacial score (nSPS) is 19.5. The van der Waals surface area contributed by atoms with Crippen LogP contribution in [0.4, 0.5) is 5.69 Å². The van der Waals surface area contributed by atoms with Crippen LogP contribution < -0.4 is 9.64 Å². The smallest absolute Gasteiger partial charge is 0.254 e. The summed E-state index contributed by atoms with van der Waals surface area (Å²) in [7, 11) is 0. The van der Waals surface area contributed by atoms with E-state index in [0.717, 1.165) is 18.7 Å². The van der Waals surface area contributed by atoms with Crippen LogP contribution in [0.5, 0.6) is 5.75 Å². The molecule has 0 spiro atoms. The van der Waals surface area contributed by atoms with Crippen molar-refractivity contribution in [1.82, 2.24) is 9.88 Å². The average molecular weight is 416 g/mol. The van der Waals surface area contributed by atoms with E-state index >= 15 is 0 Å². The van der Waals surface area contributed by atoms with Crippen molar-refractivity contribution < 1.29 is 19.1 Å². The van der Waals surface area contributed by atoms with Gasteiger partial charge in [-0.25, -0.2) is 0 Å². The molecule has 2 aromatic rings. The third-order valence-corrected chi connectivity index (χ3v) is 5.25. The van der Waals surface area contributed by atoms with Crippen molar-refractivity contribution in [3.8, 4) is 5.75 Å². The SMILES string of the molecule is O=C(c1ccc(N2CCCC2=O)cc1)N1CCOC(COc2cncc(Cl)c2)C1. The molecule has 0 radical (unpaired) electrons. The highest BCUT2D eigenvalue weighted by Crippen LogP contribution is 2.22. The monoisotopic (exact) mass is 415 g/mol. The zero-order valence-electron chi connectivity index (χ0n) is 15.9. The van der Waals surface area contributed by atoms with Gasteiger partial charge in [-0.2, -0.15) is 0 Å². The summed E-state index contributed by atoms with van der Waals surface area (Å²) in [6.07, 6.45) is 4.36. The van der Waals surface area contributed by atoms with Crippen molar-refractivity contribution in [3.05, 3.63) is 53.3 Å². The van der Waals surface area contributed by atoms with E-state index in [0.29, 0.717) is 49.1 Å². The highest BCUT2D eigenvalue weighted by molar-refractivity contribution is 6.30. The summed E-state index contributed by atoms with van der Waals surface area (Å²) in [4.78, 5) is 32.3. The lowest BCUT2D eigenvalue weighted by atomic mass is 10.1. The highest BCUT2D eigenvalue weighted by atomic mass is 35.5. The molecule has 1 aromatic carbocycles. The Morgan fingerprint density at radius 2 is 2.07 bits per heavy atom. The van der Waals surface area contributed by atoms with Crippen molar-refractivity contribution in [2.45, 2.75) is 18.9 Å². The summed E-state index contributed by atoms with van der Waals surface area (Å²) in [6.45, 7) is 2.47. The fourth-order valence-electron chi connectivity index (χ4n) is 3.55. The molecule has 29 heavy (non-hydrogen) atoms. The van der Waals surface area contributed by atoms with Crippen molar-refractivity contribution in [2.24, 2.45) is 0 Å². The van der Waals surface area contributed by atoms with E-state index < -0.39 is 0 Å². The summed E-state index contributed by atoms with van der Waals surface area (Å²) >= 11 is 5.91. The largest absolute Gasteiger partial charge is 0.489 e. The number of nitrogens with zero attached hydrogens (tertiary/aromatic N) is 3. The van der Waals surface area contributed by atoms with E-state index in [1.54, 1.807) is 34.2 Å². The van der Waals surface area contributed by atoms with Gasteiger partial charge in [-0.05, 0) is 30.7 Å². The molecule has 1 unspecified atom stereocenters. The first kappa shape index (κ1) is 19.7. The molecule has 2 amide bonds. The first-order valence-corrected chi connectivity index (χ1v) is 10.0. The maximum Gasteiger partial charge on any atom is 0.254 e. The quantitative estimate of drug-likeness (QED) is 0.750. The maximum atomic E-state index is 12.9. The van der Waals surface area contributed by atoms with Gasteiger partial charge in [0.2, 0.25) is 5.91 Å². The summed E-state index contributed by atoms with van der Waals surface area (Å²) < 4.78 is 11.4. The predicted octanol–water partition coefficient (Wildman–Crippen LogP) is 2.78. The molecule has 0 saturated carbocycles. The number of carbonyl (C=O) groups is 2. The molecule has 4 rings (SSSR count). The van der Waals surface area contributed by atoms with Crippen LogP contribution in [0.25, 0.3) is 0 Å². The van der Waals surface area contributed by atoms with Crippen LogP contribution in [0.2, 0.25) is 5.02 Å². The number of rotatable bonds is 5. The average Bonchev–Trinajstić information content (AvgIpc) is 3.18. The number of hydrogen-bond acceptors (Lipinski definition) is 5. The highest BCUT2D eigenvalue weighted by Gasteiger charge is 2.26. The molecule has 1 atom stereocenters. The number of halogens is 1. The third-order valence-electron chi connectivity index (χ3n) is 5.04. The fraction of sp³-hybridized carbons (Fsp3) is 0.381. The molecule has 2 fully saturated rings.